The van der Waals surface area contributed by atoms with Gasteiger partial charge in [0.15, 0.2) is 0 Å². The van der Waals surface area contributed by atoms with Crippen molar-refractivity contribution in [3.05, 3.63) is 34.5 Å². The third kappa shape index (κ3) is 2.62. The van der Waals surface area contributed by atoms with Crippen molar-refractivity contribution >= 4 is 23.2 Å². The second-order valence-corrected chi connectivity index (χ2v) is 3.77. The average Bonchev–Trinajstić information content (AvgIpc) is 2.63. The molecule has 0 aliphatic heterocycles. The van der Waals surface area contributed by atoms with Crippen LogP contribution in [0.15, 0.2) is 18.5 Å². The third-order valence-electron chi connectivity index (χ3n) is 1.85. The van der Waals surface area contributed by atoms with Crippen molar-refractivity contribution in [2.75, 3.05) is 0 Å². The summed E-state index contributed by atoms with van der Waals surface area (Å²) >= 11 is 11.4. The second-order valence-electron chi connectivity index (χ2n) is 3.07. The van der Waals surface area contributed by atoms with Gasteiger partial charge in [0, 0.05) is 31.1 Å². The summed E-state index contributed by atoms with van der Waals surface area (Å²) in [6.45, 7) is 0.257. The van der Waals surface area contributed by atoms with Gasteiger partial charge in [-0.3, -0.25) is 4.68 Å². The molecule has 16 heavy (non-hydrogen) atoms. The number of aryl methyl sites for hydroxylation is 1. The fraction of sp³-hybridized carbons (Fsp3) is 0.222. The quantitative estimate of drug-likeness (QED) is 0.625. The monoisotopic (exact) mass is 258 g/mol. The number of hydrogen-bond acceptors (Lipinski definition) is 4. The number of halogens is 2. The molecule has 2 rings (SSSR count). The van der Waals surface area contributed by atoms with E-state index in [1.165, 1.54) is 6.20 Å². The smallest absolute Gasteiger partial charge is 0.233 e. The van der Waals surface area contributed by atoms with Crippen molar-refractivity contribution in [1.29, 1.82) is 0 Å². The molecule has 0 bridgehead atoms. The summed E-state index contributed by atoms with van der Waals surface area (Å²) in [6.07, 6.45) is 3.32. The molecule has 2 aromatic rings. The van der Waals surface area contributed by atoms with E-state index in [9.17, 15) is 0 Å². The Kier molecular flexibility index (Phi) is 3.26. The SMILES string of the molecule is Cn1ccc(OCc2cnc(Cl)nc2Cl)n1. The minimum atomic E-state index is 0.117. The van der Waals surface area contributed by atoms with Crippen LogP contribution in [-0.2, 0) is 13.7 Å². The van der Waals surface area contributed by atoms with Crippen LogP contribution >= 0.6 is 23.2 Å². The highest BCUT2D eigenvalue weighted by Crippen LogP contribution is 2.16. The first-order valence-corrected chi connectivity index (χ1v) is 5.20. The zero-order valence-electron chi connectivity index (χ0n) is 8.39. The van der Waals surface area contributed by atoms with Gasteiger partial charge in [0.25, 0.3) is 0 Å². The number of ether oxygens (including phenoxy) is 1. The van der Waals surface area contributed by atoms with Gasteiger partial charge >= 0.3 is 0 Å². The molecule has 7 heteroatoms. The number of nitrogens with zero attached hydrogens (tertiary/aromatic N) is 4. The predicted molar refractivity (Wildman–Crippen MR) is 59.6 cm³/mol. The van der Waals surface area contributed by atoms with E-state index in [2.05, 4.69) is 15.1 Å². The van der Waals surface area contributed by atoms with E-state index in [4.69, 9.17) is 27.9 Å². The maximum absolute atomic E-state index is 5.86. The van der Waals surface area contributed by atoms with Gasteiger partial charge in [-0.2, -0.15) is 0 Å². The molecule has 0 spiro atoms. The van der Waals surface area contributed by atoms with Gasteiger partial charge in [0.05, 0.1) is 0 Å². The molecular formula is C9H8Cl2N4O. The molecule has 0 amide bonds. The van der Waals surface area contributed by atoms with Crippen molar-refractivity contribution in [2.24, 2.45) is 7.05 Å². The van der Waals surface area contributed by atoms with Crippen molar-refractivity contribution in [2.45, 2.75) is 6.61 Å². The van der Waals surface area contributed by atoms with Crippen molar-refractivity contribution in [1.82, 2.24) is 19.7 Å². The van der Waals surface area contributed by atoms with E-state index in [0.29, 0.717) is 11.4 Å². The molecule has 0 saturated carbocycles. The predicted octanol–water partition coefficient (Wildman–Crippen LogP) is 2.10. The topological polar surface area (TPSA) is 52.8 Å². The lowest BCUT2D eigenvalue weighted by molar-refractivity contribution is 0.290. The molecule has 0 unspecified atom stereocenters. The van der Waals surface area contributed by atoms with E-state index >= 15 is 0 Å². The minimum absolute atomic E-state index is 0.117. The van der Waals surface area contributed by atoms with E-state index in [0.717, 1.165) is 0 Å². The molecule has 0 radical (unpaired) electrons. The Hall–Kier alpha value is -1.33. The third-order valence-corrected chi connectivity index (χ3v) is 2.36. The summed E-state index contributed by atoms with van der Waals surface area (Å²) in [7, 11) is 1.81. The fourth-order valence-corrected chi connectivity index (χ4v) is 1.45. The second kappa shape index (κ2) is 4.67. The van der Waals surface area contributed by atoms with Crippen LogP contribution in [0.5, 0.6) is 5.88 Å². The minimum Gasteiger partial charge on any atom is -0.472 e. The number of rotatable bonds is 3. The van der Waals surface area contributed by atoms with Crippen LogP contribution in [0.1, 0.15) is 5.56 Å². The largest absolute Gasteiger partial charge is 0.472 e. The summed E-state index contributed by atoms with van der Waals surface area (Å²) in [5.74, 6) is 0.522. The number of aromatic nitrogens is 4. The number of hydrogen-bond donors (Lipinski definition) is 0. The van der Waals surface area contributed by atoms with Crippen LogP contribution < -0.4 is 4.74 Å². The standard InChI is InChI=1S/C9H8Cl2N4O/c1-15-3-2-7(14-15)16-5-6-4-12-9(11)13-8(6)10/h2-4H,5H2,1H3. The van der Waals surface area contributed by atoms with Gasteiger partial charge in [-0.05, 0) is 11.6 Å². The van der Waals surface area contributed by atoms with Crippen LogP contribution in [0.3, 0.4) is 0 Å². The lowest BCUT2D eigenvalue weighted by atomic mass is 10.4. The van der Waals surface area contributed by atoms with Gasteiger partial charge < -0.3 is 4.74 Å². The summed E-state index contributed by atoms with van der Waals surface area (Å²) < 4.78 is 7.04. The van der Waals surface area contributed by atoms with Crippen LogP contribution in [0, 0.1) is 0 Å². The highest BCUT2D eigenvalue weighted by atomic mass is 35.5. The molecule has 84 valence electrons. The van der Waals surface area contributed by atoms with Crippen LogP contribution in [-0.4, -0.2) is 19.7 Å². The van der Waals surface area contributed by atoms with E-state index in [1.54, 1.807) is 16.9 Å². The first-order chi connectivity index (χ1) is 7.65. The maximum Gasteiger partial charge on any atom is 0.233 e. The molecule has 5 nitrogen and oxygen atoms in total. The van der Waals surface area contributed by atoms with Gasteiger partial charge in [0.2, 0.25) is 11.2 Å². The average molecular weight is 259 g/mol. The van der Waals surface area contributed by atoms with Gasteiger partial charge in [-0.15, -0.1) is 5.10 Å². The summed E-state index contributed by atoms with van der Waals surface area (Å²) in [4.78, 5) is 7.63. The highest BCUT2D eigenvalue weighted by molar-refractivity contribution is 6.32. The van der Waals surface area contributed by atoms with E-state index in [1.807, 2.05) is 7.05 Å². The fourth-order valence-electron chi connectivity index (χ4n) is 1.09. The maximum atomic E-state index is 5.86. The summed E-state index contributed by atoms with van der Waals surface area (Å²) in [5.41, 5.74) is 0.664. The Bertz CT molecular complexity index is 500. The lowest BCUT2D eigenvalue weighted by Crippen LogP contribution is -2.00. The first kappa shape index (κ1) is 11.2. The normalized spacial score (nSPS) is 10.4. The molecule has 0 saturated heterocycles. The molecular weight excluding hydrogens is 251 g/mol. The zero-order valence-corrected chi connectivity index (χ0v) is 9.90. The molecule has 0 aliphatic carbocycles. The van der Waals surface area contributed by atoms with Gasteiger partial charge in [-0.1, -0.05) is 11.6 Å². The zero-order chi connectivity index (χ0) is 11.5. The Morgan fingerprint density at radius 1 is 1.44 bits per heavy atom. The molecule has 2 heterocycles. The van der Waals surface area contributed by atoms with Crippen LogP contribution in [0.4, 0.5) is 0 Å². The Morgan fingerprint density at radius 2 is 2.25 bits per heavy atom. The van der Waals surface area contributed by atoms with Crippen molar-refractivity contribution in [3.8, 4) is 5.88 Å². The Labute approximate surface area is 102 Å². The van der Waals surface area contributed by atoms with Crippen molar-refractivity contribution < 1.29 is 4.74 Å². The molecule has 2 aromatic heterocycles. The lowest BCUT2D eigenvalue weighted by Gasteiger charge is -2.03. The van der Waals surface area contributed by atoms with Gasteiger partial charge in [0.1, 0.15) is 11.8 Å². The highest BCUT2D eigenvalue weighted by Gasteiger charge is 2.05. The summed E-state index contributed by atoms with van der Waals surface area (Å²) in [5, 5.41) is 4.46. The Morgan fingerprint density at radius 3 is 2.88 bits per heavy atom. The van der Waals surface area contributed by atoms with Gasteiger partial charge in [-0.25, -0.2) is 9.97 Å². The molecule has 0 aromatic carbocycles. The molecule has 0 fully saturated rings. The van der Waals surface area contributed by atoms with Crippen LogP contribution in [0.25, 0.3) is 0 Å². The molecule has 0 aliphatic rings. The van der Waals surface area contributed by atoms with Crippen LogP contribution in [0.2, 0.25) is 10.4 Å². The molecule has 0 atom stereocenters. The molecule has 0 N–H and O–H groups in total. The van der Waals surface area contributed by atoms with E-state index in [-0.39, 0.29) is 17.0 Å². The van der Waals surface area contributed by atoms with E-state index < -0.39 is 0 Å². The summed E-state index contributed by atoms with van der Waals surface area (Å²) in [6, 6.07) is 1.75. The first-order valence-electron chi connectivity index (χ1n) is 4.44. The Balaban J connectivity index is 2.04. The van der Waals surface area contributed by atoms with Crippen molar-refractivity contribution in [3.63, 3.8) is 0 Å².